The number of halogens is 1. The van der Waals surface area contributed by atoms with Gasteiger partial charge in [-0.05, 0) is 17.7 Å². The fourth-order valence-electron chi connectivity index (χ4n) is 1.50. The number of nitrogens with one attached hydrogen (secondary N) is 1. The van der Waals surface area contributed by atoms with Gasteiger partial charge < -0.3 is 10.2 Å². The summed E-state index contributed by atoms with van der Waals surface area (Å²) in [6.07, 6.45) is 0.162. The summed E-state index contributed by atoms with van der Waals surface area (Å²) in [5.41, 5.74) is 0.0641. The lowest BCUT2D eigenvalue weighted by Gasteiger charge is -2.02. The number of rotatable bonds is 3. The van der Waals surface area contributed by atoms with Gasteiger partial charge in [-0.25, -0.2) is 9.18 Å². The molecule has 0 saturated heterocycles. The molecular weight excluding hydrogens is 261 g/mol. The molecule has 0 unspecified atom stereocenters. The molecule has 2 rings (SSSR count). The van der Waals surface area contributed by atoms with Crippen molar-refractivity contribution in [1.82, 2.24) is 4.98 Å². The first-order chi connectivity index (χ1) is 8.47. The van der Waals surface area contributed by atoms with Crippen molar-refractivity contribution in [2.24, 2.45) is 0 Å². The Balaban J connectivity index is 2.35. The molecule has 0 bridgehead atoms. The number of benzene rings is 1. The molecule has 2 aromatic rings. The van der Waals surface area contributed by atoms with E-state index in [0.29, 0.717) is 10.4 Å². The maximum absolute atomic E-state index is 13.2. The molecule has 18 heavy (non-hydrogen) atoms. The Hall–Kier alpha value is -2.15. The average Bonchev–Trinajstić information content (AvgIpc) is 2.60. The molecule has 5 nitrogen and oxygen atoms in total. The molecule has 0 radical (unpaired) electrons. The Morgan fingerprint density at radius 1 is 1.44 bits per heavy atom. The summed E-state index contributed by atoms with van der Waals surface area (Å²) in [6.45, 7) is 0. The topological polar surface area (TPSA) is 90.4 Å². The van der Waals surface area contributed by atoms with Gasteiger partial charge in [0.15, 0.2) is 0 Å². The standard InChI is InChI=1S/C11H8FNO4S/c12-7-2-1-5(3-6(7)10(15)16)4-8-9(14)13-11(17)18-8/h1-3,14H,4H2,(H,13,17)(H,15,16). The third-order valence-electron chi connectivity index (χ3n) is 2.33. The number of carboxylic acids is 1. The van der Waals surface area contributed by atoms with Gasteiger partial charge in [-0.1, -0.05) is 17.4 Å². The maximum atomic E-state index is 13.2. The van der Waals surface area contributed by atoms with E-state index in [1.54, 1.807) is 0 Å². The van der Waals surface area contributed by atoms with Crippen LogP contribution in [0.1, 0.15) is 20.8 Å². The maximum Gasteiger partial charge on any atom is 0.338 e. The Morgan fingerprint density at radius 2 is 2.17 bits per heavy atom. The number of carbonyl (C=O) groups is 1. The zero-order valence-electron chi connectivity index (χ0n) is 8.94. The van der Waals surface area contributed by atoms with Crippen LogP contribution >= 0.6 is 11.3 Å². The van der Waals surface area contributed by atoms with E-state index < -0.39 is 22.2 Å². The van der Waals surface area contributed by atoms with E-state index in [2.05, 4.69) is 4.98 Å². The normalized spacial score (nSPS) is 10.5. The SMILES string of the molecule is O=C(O)c1cc(Cc2sc(=O)[nH]c2O)ccc1F. The van der Waals surface area contributed by atoms with E-state index in [0.717, 1.165) is 17.4 Å². The number of H-pyrrole nitrogens is 1. The predicted molar refractivity (Wildman–Crippen MR) is 62.8 cm³/mol. The molecule has 0 amide bonds. The molecule has 1 heterocycles. The molecule has 0 spiro atoms. The van der Waals surface area contributed by atoms with Crippen LogP contribution in [-0.2, 0) is 6.42 Å². The van der Waals surface area contributed by atoms with Gasteiger partial charge in [0.05, 0.1) is 10.4 Å². The zero-order chi connectivity index (χ0) is 13.3. The molecule has 0 fully saturated rings. The number of aromatic carboxylic acids is 1. The van der Waals surface area contributed by atoms with Crippen LogP contribution in [-0.4, -0.2) is 21.2 Å². The van der Waals surface area contributed by atoms with Crippen molar-refractivity contribution < 1.29 is 19.4 Å². The van der Waals surface area contributed by atoms with Gasteiger partial charge in [-0.15, -0.1) is 0 Å². The van der Waals surface area contributed by atoms with Crippen LogP contribution in [0.2, 0.25) is 0 Å². The highest BCUT2D eigenvalue weighted by atomic mass is 32.1. The van der Waals surface area contributed by atoms with Gasteiger partial charge in [0.25, 0.3) is 0 Å². The van der Waals surface area contributed by atoms with E-state index in [1.165, 1.54) is 12.1 Å². The van der Waals surface area contributed by atoms with Gasteiger partial charge >= 0.3 is 10.8 Å². The lowest BCUT2D eigenvalue weighted by molar-refractivity contribution is 0.0691. The van der Waals surface area contributed by atoms with Crippen molar-refractivity contribution in [2.45, 2.75) is 6.42 Å². The molecule has 0 atom stereocenters. The van der Waals surface area contributed by atoms with Crippen molar-refractivity contribution in [3.8, 4) is 5.88 Å². The minimum absolute atomic E-state index is 0.162. The number of hydrogen-bond acceptors (Lipinski definition) is 4. The van der Waals surface area contributed by atoms with Crippen LogP contribution in [0, 0.1) is 5.82 Å². The molecule has 3 N–H and O–H groups in total. The van der Waals surface area contributed by atoms with Crippen LogP contribution in [0.3, 0.4) is 0 Å². The number of carboxylic acid groups (broad SMARTS) is 1. The van der Waals surface area contributed by atoms with Crippen LogP contribution in [0.15, 0.2) is 23.0 Å². The Kier molecular flexibility index (Phi) is 3.15. The highest BCUT2D eigenvalue weighted by molar-refractivity contribution is 7.09. The smallest absolute Gasteiger partial charge is 0.338 e. The first kappa shape index (κ1) is 12.3. The predicted octanol–water partition coefficient (Wildman–Crippen LogP) is 1.57. The van der Waals surface area contributed by atoms with E-state index in [4.69, 9.17) is 5.11 Å². The molecule has 0 saturated carbocycles. The molecule has 1 aromatic heterocycles. The average molecular weight is 269 g/mol. The first-order valence-corrected chi connectivity index (χ1v) is 5.71. The second-order valence-corrected chi connectivity index (χ2v) is 4.65. The van der Waals surface area contributed by atoms with Crippen molar-refractivity contribution in [3.63, 3.8) is 0 Å². The van der Waals surface area contributed by atoms with Gasteiger partial charge in [-0.2, -0.15) is 0 Å². The molecule has 0 aliphatic heterocycles. The number of thiazole rings is 1. The minimum Gasteiger partial charge on any atom is -0.494 e. The van der Waals surface area contributed by atoms with Gasteiger partial charge in [0.1, 0.15) is 5.82 Å². The second-order valence-electron chi connectivity index (χ2n) is 3.58. The van der Waals surface area contributed by atoms with Gasteiger partial charge in [0.2, 0.25) is 5.88 Å². The highest BCUT2D eigenvalue weighted by Crippen LogP contribution is 2.21. The second kappa shape index (κ2) is 4.61. The zero-order valence-corrected chi connectivity index (χ0v) is 9.75. The minimum atomic E-state index is -1.36. The molecule has 94 valence electrons. The van der Waals surface area contributed by atoms with Crippen molar-refractivity contribution in [2.75, 3.05) is 0 Å². The number of aromatic amines is 1. The fraction of sp³-hybridized carbons (Fsp3) is 0.0909. The van der Waals surface area contributed by atoms with Crippen molar-refractivity contribution in [1.29, 1.82) is 0 Å². The Bertz CT molecular complexity index is 661. The van der Waals surface area contributed by atoms with Gasteiger partial charge in [0, 0.05) is 6.42 Å². The van der Waals surface area contributed by atoms with E-state index in [1.807, 2.05) is 0 Å². The summed E-state index contributed by atoms with van der Waals surface area (Å²) in [5.74, 6) is -2.43. The van der Waals surface area contributed by atoms with E-state index in [-0.39, 0.29) is 12.3 Å². The fourth-order valence-corrected chi connectivity index (χ4v) is 2.26. The van der Waals surface area contributed by atoms with Gasteiger partial charge in [-0.3, -0.25) is 9.78 Å². The van der Waals surface area contributed by atoms with E-state index >= 15 is 0 Å². The molecule has 7 heteroatoms. The Labute approximate surface area is 104 Å². The summed E-state index contributed by atoms with van der Waals surface area (Å²) in [6, 6.07) is 3.64. The van der Waals surface area contributed by atoms with Crippen molar-refractivity contribution in [3.05, 3.63) is 49.7 Å². The number of hydrogen-bond donors (Lipinski definition) is 3. The van der Waals surface area contributed by atoms with E-state index in [9.17, 15) is 19.1 Å². The highest BCUT2D eigenvalue weighted by Gasteiger charge is 2.13. The van der Waals surface area contributed by atoms with Crippen LogP contribution < -0.4 is 4.87 Å². The van der Waals surface area contributed by atoms with Crippen LogP contribution in [0.4, 0.5) is 4.39 Å². The van der Waals surface area contributed by atoms with Crippen LogP contribution in [0.5, 0.6) is 5.88 Å². The lowest BCUT2D eigenvalue weighted by Crippen LogP contribution is -2.01. The Morgan fingerprint density at radius 3 is 2.72 bits per heavy atom. The summed E-state index contributed by atoms with van der Waals surface area (Å²) in [7, 11) is 0. The quantitative estimate of drug-likeness (QED) is 0.788. The summed E-state index contributed by atoms with van der Waals surface area (Å²) in [5, 5.41) is 18.2. The third-order valence-corrected chi connectivity index (χ3v) is 3.20. The molecule has 0 aliphatic rings. The first-order valence-electron chi connectivity index (χ1n) is 4.90. The monoisotopic (exact) mass is 269 g/mol. The molecular formula is C11H8FNO4S. The summed E-state index contributed by atoms with van der Waals surface area (Å²) >= 11 is 0.825. The van der Waals surface area contributed by atoms with Crippen LogP contribution in [0.25, 0.3) is 0 Å². The summed E-state index contributed by atoms with van der Waals surface area (Å²) < 4.78 is 13.2. The number of aromatic nitrogens is 1. The summed E-state index contributed by atoms with van der Waals surface area (Å²) in [4.78, 5) is 23.9. The lowest BCUT2D eigenvalue weighted by atomic mass is 10.1. The molecule has 0 aliphatic carbocycles. The van der Waals surface area contributed by atoms with Crippen molar-refractivity contribution >= 4 is 17.3 Å². The third kappa shape index (κ3) is 2.40. The largest absolute Gasteiger partial charge is 0.494 e. The molecule has 1 aromatic carbocycles. The number of aromatic hydroxyl groups is 1.